The number of anilines is 1. The first-order valence-electron chi connectivity index (χ1n) is 6.26. The molecule has 21 heavy (non-hydrogen) atoms. The second-order valence-corrected chi connectivity index (χ2v) is 4.97. The number of ether oxygens (including phenoxy) is 3. The van der Waals surface area contributed by atoms with E-state index in [0.717, 1.165) is 0 Å². The fraction of sp³-hybridized carbons (Fsp3) is 0.286. The SMILES string of the molecule is COCCOc1ccccc1C(=O)Nc1ncc(OC)s1. The van der Waals surface area contributed by atoms with Crippen molar-refractivity contribution in [1.29, 1.82) is 0 Å². The van der Waals surface area contributed by atoms with Crippen LogP contribution in [0.25, 0.3) is 0 Å². The summed E-state index contributed by atoms with van der Waals surface area (Å²) in [5, 5.41) is 3.83. The predicted molar refractivity (Wildman–Crippen MR) is 80.4 cm³/mol. The van der Waals surface area contributed by atoms with Crippen molar-refractivity contribution in [3.63, 3.8) is 0 Å². The maximum Gasteiger partial charge on any atom is 0.261 e. The molecule has 7 heteroatoms. The lowest BCUT2D eigenvalue weighted by Gasteiger charge is -2.10. The van der Waals surface area contributed by atoms with E-state index in [2.05, 4.69) is 10.3 Å². The summed E-state index contributed by atoms with van der Waals surface area (Å²) in [6.07, 6.45) is 1.56. The van der Waals surface area contributed by atoms with Crippen LogP contribution in [0.15, 0.2) is 30.5 Å². The summed E-state index contributed by atoms with van der Waals surface area (Å²) in [6.45, 7) is 0.839. The Balaban J connectivity index is 2.07. The molecule has 1 heterocycles. The van der Waals surface area contributed by atoms with Crippen LogP contribution in [0.3, 0.4) is 0 Å². The summed E-state index contributed by atoms with van der Waals surface area (Å²) in [7, 11) is 3.15. The number of para-hydroxylation sites is 1. The normalized spacial score (nSPS) is 10.2. The third-order valence-corrected chi connectivity index (χ3v) is 3.46. The first kappa shape index (κ1) is 15.3. The summed E-state index contributed by atoms with van der Waals surface area (Å²) in [4.78, 5) is 16.3. The number of carbonyl (C=O) groups is 1. The highest BCUT2D eigenvalue weighted by Crippen LogP contribution is 2.26. The number of nitrogens with one attached hydrogen (secondary N) is 1. The Bertz CT molecular complexity index is 600. The molecular weight excluding hydrogens is 292 g/mol. The quantitative estimate of drug-likeness (QED) is 0.796. The second kappa shape index (κ2) is 7.61. The lowest BCUT2D eigenvalue weighted by molar-refractivity contribution is 0.101. The zero-order valence-electron chi connectivity index (χ0n) is 11.8. The van der Waals surface area contributed by atoms with Gasteiger partial charge in [0.15, 0.2) is 10.2 Å². The molecule has 1 N–H and O–H groups in total. The number of amides is 1. The Morgan fingerprint density at radius 2 is 2.10 bits per heavy atom. The van der Waals surface area contributed by atoms with E-state index in [1.807, 2.05) is 6.07 Å². The topological polar surface area (TPSA) is 69.7 Å². The third kappa shape index (κ3) is 4.17. The van der Waals surface area contributed by atoms with Crippen LogP contribution in [0.2, 0.25) is 0 Å². The van der Waals surface area contributed by atoms with Crippen LogP contribution < -0.4 is 14.8 Å². The molecule has 0 fully saturated rings. The molecule has 112 valence electrons. The van der Waals surface area contributed by atoms with Crippen molar-refractivity contribution in [2.45, 2.75) is 0 Å². The molecule has 2 aromatic rings. The average molecular weight is 308 g/mol. The summed E-state index contributed by atoms with van der Waals surface area (Å²) < 4.78 is 15.5. The molecule has 0 aliphatic rings. The van der Waals surface area contributed by atoms with Crippen molar-refractivity contribution in [1.82, 2.24) is 4.98 Å². The number of rotatable bonds is 7. The first-order valence-corrected chi connectivity index (χ1v) is 7.08. The summed E-state index contributed by atoms with van der Waals surface area (Å²) >= 11 is 1.26. The average Bonchev–Trinajstić information content (AvgIpc) is 2.95. The number of methoxy groups -OCH3 is 2. The molecule has 0 atom stereocenters. The second-order valence-electron chi connectivity index (χ2n) is 3.98. The van der Waals surface area contributed by atoms with Crippen LogP contribution in [-0.2, 0) is 4.74 Å². The molecule has 0 saturated heterocycles. The van der Waals surface area contributed by atoms with Crippen LogP contribution >= 0.6 is 11.3 Å². The first-order chi connectivity index (χ1) is 10.2. The molecule has 1 aromatic heterocycles. The minimum atomic E-state index is -0.278. The van der Waals surface area contributed by atoms with Gasteiger partial charge in [-0.25, -0.2) is 4.98 Å². The highest BCUT2D eigenvalue weighted by atomic mass is 32.1. The van der Waals surface area contributed by atoms with E-state index in [4.69, 9.17) is 14.2 Å². The molecule has 0 spiro atoms. The number of thiazole rings is 1. The van der Waals surface area contributed by atoms with Crippen molar-refractivity contribution in [3.8, 4) is 10.8 Å². The smallest absolute Gasteiger partial charge is 0.261 e. The molecule has 0 radical (unpaired) electrons. The zero-order chi connectivity index (χ0) is 15.1. The van der Waals surface area contributed by atoms with E-state index in [-0.39, 0.29) is 5.91 Å². The summed E-state index contributed by atoms with van der Waals surface area (Å²) in [5.74, 6) is 0.232. The third-order valence-electron chi connectivity index (χ3n) is 2.58. The Kier molecular flexibility index (Phi) is 5.53. The van der Waals surface area contributed by atoms with Gasteiger partial charge in [-0.3, -0.25) is 10.1 Å². The van der Waals surface area contributed by atoms with Crippen LogP contribution in [-0.4, -0.2) is 38.3 Å². The van der Waals surface area contributed by atoms with Gasteiger partial charge in [-0.2, -0.15) is 0 Å². The van der Waals surface area contributed by atoms with Crippen LogP contribution in [0, 0.1) is 0 Å². The largest absolute Gasteiger partial charge is 0.490 e. The molecule has 1 aromatic carbocycles. The molecule has 0 aliphatic heterocycles. The van der Waals surface area contributed by atoms with Crippen molar-refractivity contribution in [2.24, 2.45) is 0 Å². The Hall–Kier alpha value is -2.12. The van der Waals surface area contributed by atoms with Gasteiger partial charge in [0.1, 0.15) is 12.4 Å². The molecule has 2 rings (SSSR count). The van der Waals surface area contributed by atoms with E-state index < -0.39 is 0 Å². The van der Waals surface area contributed by atoms with Crippen LogP contribution in [0.5, 0.6) is 10.8 Å². The van der Waals surface area contributed by atoms with Gasteiger partial charge in [-0.05, 0) is 12.1 Å². The fourth-order valence-corrected chi connectivity index (χ4v) is 2.22. The van der Waals surface area contributed by atoms with Crippen LogP contribution in [0.1, 0.15) is 10.4 Å². The Morgan fingerprint density at radius 3 is 2.81 bits per heavy atom. The van der Waals surface area contributed by atoms with E-state index in [1.54, 1.807) is 38.6 Å². The Labute approximate surface area is 126 Å². The van der Waals surface area contributed by atoms with Gasteiger partial charge in [0.25, 0.3) is 5.91 Å². The van der Waals surface area contributed by atoms with Gasteiger partial charge in [0.2, 0.25) is 0 Å². The number of benzene rings is 1. The van der Waals surface area contributed by atoms with Gasteiger partial charge in [-0.1, -0.05) is 23.5 Å². The molecule has 0 aliphatic carbocycles. The van der Waals surface area contributed by atoms with Crippen molar-refractivity contribution in [2.75, 3.05) is 32.8 Å². The van der Waals surface area contributed by atoms with E-state index in [9.17, 15) is 4.79 Å². The number of hydrogen-bond acceptors (Lipinski definition) is 6. The lowest BCUT2D eigenvalue weighted by atomic mass is 10.2. The zero-order valence-corrected chi connectivity index (χ0v) is 12.6. The van der Waals surface area contributed by atoms with Gasteiger partial charge in [-0.15, -0.1) is 0 Å². The van der Waals surface area contributed by atoms with Crippen molar-refractivity contribution >= 4 is 22.4 Å². The molecule has 0 bridgehead atoms. The molecule has 6 nitrogen and oxygen atoms in total. The van der Waals surface area contributed by atoms with Crippen molar-refractivity contribution in [3.05, 3.63) is 36.0 Å². The maximum atomic E-state index is 12.3. The molecule has 0 unspecified atom stereocenters. The standard InChI is InChI=1S/C14H16N2O4S/c1-18-7-8-20-11-6-4-3-5-10(11)13(17)16-14-15-9-12(19-2)21-14/h3-6,9H,7-8H2,1-2H3,(H,15,16,17). The number of nitrogens with zero attached hydrogens (tertiary/aromatic N) is 1. The molecule has 0 saturated carbocycles. The number of hydrogen-bond donors (Lipinski definition) is 1. The molecular formula is C14H16N2O4S. The summed E-state index contributed by atoms with van der Waals surface area (Å²) in [6, 6.07) is 7.03. The minimum Gasteiger partial charge on any atom is -0.490 e. The number of carbonyl (C=O) groups excluding carboxylic acids is 1. The lowest BCUT2D eigenvalue weighted by Crippen LogP contribution is -2.14. The fourth-order valence-electron chi connectivity index (χ4n) is 1.59. The summed E-state index contributed by atoms with van der Waals surface area (Å²) in [5.41, 5.74) is 0.447. The minimum absolute atomic E-state index is 0.278. The maximum absolute atomic E-state index is 12.3. The monoisotopic (exact) mass is 308 g/mol. The molecule has 1 amide bonds. The van der Waals surface area contributed by atoms with Gasteiger partial charge < -0.3 is 14.2 Å². The highest BCUT2D eigenvalue weighted by Gasteiger charge is 2.14. The van der Waals surface area contributed by atoms with Gasteiger partial charge >= 0.3 is 0 Å². The number of aromatic nitrogens is 1. The Morgan fingerprint density at radius 1 is 1.29 bits per heavy atom. The van der Waals surface area contributed by atoms with Gasteiger partial charge in [0, 0.05) is 7.11 Å². The van der Waals surface area contributed by atoms with Crippen LogP contribution in [0.4, 0.5) is 5.13 Å². The predicted octanol–water partition coefficient (Wildman–Crippen LogP) is 2.43. The highest BCUT2D eigenvalue weighted by molar-refractivity contribution is 7.17. The van der Waals surface area contributed by atoms with Gasteiger partial charge in [0.05, 0.1) is 25.5 Å². The van der Waals surface area contributed by atoms with Crippen molar-refractivity contribution < 1.29 is 19.0 Å². The van der Waals surface area contributed by atoms with E-state index >= 15 is 0 Å². The van der Waals surface area contributed by atoms with E-state index in [1.165, 1.54) is 11.3 Å². The van der Waals surface area contributed by atoms with E-state index in [0.29, 0.717) is 34.7 Å².